The maximum absolute atomic E-state index is 11.4. The summed E-state index contributed by atoms with van der Waals surface area (Å²) in [5.41, 5.74) is 5.10. The molecule has 0 aromatic carbocycles. The number of nitrogens with one attached hydrogen (secondary N) is 1. The van der Waals surface area contributed by atoms with Crippen LogP contribution in [-0.2, 0) is 9.59 Å². The van der Waals surface area contributed by atoms with E-state index in [0.29, 0.717) is 5.92 Å². The Balaban J connectivity index is 3.74. The van der Waals surface area contributed by atoms with Gasteiger partial charge < -0.3 is 16.0 Å². The molecule has 15 heavy (non-hydrogen) atoms. The van der Waals surface area contributed by atoms with Crippen LogP contribution in [0.5, 0.6) is 0 Å². The van der Waals surface area contributed by atoms with Gasteiger partial charge >= 0.3 is 0 Å². The molecule has 0 rings (SSSR count). The van der Waals surface area contributed by atoms with Crippen molar-refractivity contribution in [1.82, 2.24) is 10.2 Å². The molecule has 5 heteroatoms. The fourth-order valence-electron chi connectivity index (χ4n) is 0.958. The summed E-state index contributed by atoms with van der Waals surface area (Å²) >= 11 is 0. The zero-order valence-electron chi connectivity index (χ0n) is 9.75. The number of amides is 2. The van der Waals surface area contributed by atoms with Crippen molar-refractivity contribution in [2.45, 2.75) is 20.3 Å². The molecule has 0 aliphatic heterocycles. The van der Waals surface area contributed by atoms with E-state index in [1.54, 1.807) is 11.9 Å². The Hall–Kier alpha value is -1.10. The third-order valence-corrected chi connectivity index (χ3v) is 2.09. The molecule has 0 aromatic rings. The molecule has 0 radical (unpaired) electrons. The van der Waals surface area contributed by atoms with Gasteiger partial charge in [-0.15, -0.1) is 0 Å². The van der Waals surface area contributed by atoms with Gasteiger partial charge in [-0.1, -0.05) is 13.8 Å². The highest BCUT2D eigenvalue weighted by atomic mass is 16.2. The topological polar surface area (TPSA) is 75.4 Å². The first-order chi connectivity index (χ1) is 6.97. The molecule has 0 aromatic heterocycles. The molecule has 0 saturated carbocycles. The van der Waals surface area contributed by atoms with Crippen LogP contribution in [0.15, 0.2) is 0 Å². The van der Waals surface area contributed by atoms with Crippen LogP contribution in [-0.4, -0.2) is 43.4 Å². The van der Waals surface area contributed by atoms with Gasteiger partial charge in [0.05, 0.1) is 13.1 Å². The lowest BCUT2D eigenvalue weighted by atomic mass is 10.1. The first kappa shape index (κ1) is 13.9. The van der Waals surface area contributed by atoms with Crippen LogP contribution in [0.1, 0.15) is 20.3 Å². The summed E-state index contributed by atoms with van der Waals surface area (Å²) in [6.45, 7) is 4.88. The summed E-state index contributed by atoms with van der Waals surface area (Å²) in [5, 5.41) is 2.45. The van der Waals surface area contributed by atoms with E-state index in [9.17, 15) is 9.59 Å². The van der Waals surface area contributed by atoms with Crippen LogP contribution >= 0.6 is 0 Å². The van der Waals surface area contributed by atoms with Crippen LogP contribution in [0.4, 0.5) is 0 Å². The van der Waals surface area contributed by atoms with E-state index >= 15 is 0 Å². The first-order valence-electron chi connectivity index (χ1n) is 5.18. The van der Waals surface area contributed by atoms with Gasteiger partial charge in [0.15, 0.2) is 0 Å². The van der Waals surface area contributed by atoms with E-state index in [1.807, 2.05) is 0 Å². The second kappa shape index (κ2) is 7.23. The van der Waals surface area contributed by atoms with Crippen molar-refractivity contribution < 1.29 is 9.59 Å². The van der Waals surface area contributed by atoms with Crippen LogP contribution in [0.3, 0.4) is 0 Å². The normalized spacial score (nSPS) is 10.2. The van der Waals surface area contributed by atoms with Crippen LogP contribution in [0, 0.1) is 5.92 Å². The van der Waals surface area contributed by atoms with E-state index in [4.69, 9.17) is 5.73 Å². The van der Waals surface area contributed by atoms with Crippen LogP contribution in [0.25, 0.3) is 0 Å². The summed E-state index contributed by atoms with van der Waals surface area (Å²) in [4.78, 5) is 23.9. The minimum atomic E-state index is -0.305. The van der Waals surface area contributed by atoms with E-state index in [-0.39, 0.29) is 24.9 Å². The average Bonchev–Trinajstić information content (AvgIpc) is 2.21. The quantitative estimate of drug-likeness (QED) is 0.631. The number of carbonyl (C=O) groups excluding carboxylic acids is 2. The molecule has 0 atom stereocenters. The molecule has 0 spiro atoms. The van der Waals surface area contributed by atoms with Crippen molar-refractivity contribution in [2.24, 2.45) is 11.7 Å². The minimum absolute atomic E-state index is 0.0324. The number of hydrogen-bond donors (Lipinski definition) is 2. The Kier molecular flexibility index (Phi) is 6.70. The Bertz CT molecular complexity index is 217. The molecule has 0 saturated heterocycles. The summed E-state index contributed by atoms with van der Waals surface area (Å²) < 4.78 is 0. The van der Waals surface area contributed by atoms with Crippen LogP contribution < -0.4 is 11.1 Å². The minimum Gasteiger partial charge on any atom is -0.346 e. The lowest BCUT2D eigenvalue weighted by Gasteiger charge is -2.18. The number of rotatable bonds is 6. The third kappa shape index (κ3) is 6.90. The van der Waals surface area contributed by atoms with Crippen molar-refractivity contribution in [2.75, 3.05) is 26.7 Å². The SMILES string of the molecule is CC(C)CCN(C)C(=O)CNC(=O)CN. The number of nitrogens with zero attached hydrogens (tertiary/aromatic N) is 1. The summed E-state index contributed by atoms with van der Waals surface area (Å²) in [6.07, 6.45) is 0.965. The smallest absolute Gasteiger partial charge is 0.241 e. The molecule has 5 nitrogen and oxygen atoms in total. The second-order valence-electron chi connectivity index (χ2n) is 3.98. The fraction of sp³-hybridized carbons (Fsp3) is 0.800. The van der Waals surface area contributed by atoms with E-state index in [2.05, 4.69) is 19.2 Å². The Labute approximate surface area is 91.0 Å². The maximum atomic E-state index is 11.4. The van der Waals surface area contributed by atoms with Crippen molar-refractivity contribution in [1.29, 1.82) is 0 Å². The van der Waals surface area contributed by atoms with Crippen molar-refractivity contribution >= 4 is 11.8 Å². The molecule has 0 unspecified atom stereocenters. The number of carbonyl (C=O) groups is 2. The Morgan fingerprint density at radius 1 is 1.40 bits per heavy atom. The van der Waals surface area contributed by atoms with Gasteiger partial charge in [-0.3, -0.25) is 9.59 Å². The van der Waals surface area contributed by atoms with E-state index < -0.39 is 0 Å². The molecule has 2 amide bonds. The van der Waals surface area contributed by atoms with E-state index in [1.165, 1.54) is 0 Å². The number of likely N-dealkylation sites (N-methyl/N-ethyl adjacent to an activating group) is 1. The van der Waals surface area contributed by atoms with Crippen LogP contribution in [0.2, 0.25) is 0 Å². The predicted octanol–water partition coefficient (Wildman–Crippen LogP) is -0.434. The average molecular weight is 215 g/mol. The highest BCUT2D eigenvalue weighted by Crippen LogP contribution is 2.00. The molecular formula is C10H21N3O2. The third-order valence-electron chi connectivity index (χ3n) is 2.09. The van der Waals surface area contributed by atoms with E-state index in [0.717, 1.165) is 13.0 Å². The van der Waals surface area contributed by atoms with Crippen molar-refractivity contribution in [3.05, 3.63) is 0 Å². The number of hydrogen-bond acceptors (Lipinski definition) is 3. The number of nitrogens with two attached hydrogens (primary N) is 1. The molecule has 0 aliphatic rings. The lowest BCUT2D eigenvalue weighted by Crippen LogP contribution is -2.40. The van der Waals surface area contributed by atoms with Gasteiger partial charge in [-0.25, -0.2) is 0 Å². The lowest BCUT2D eigenvalue weighted by molar-refractivity contribution is -0.131. The molecule has 0 bridgehead atoms. The Morgan fingerprint density at radius 3 is 2.47 bits per heavy atom. The molecule has 0 aliphatic carbocycles. The Morgan fingerprint density at radius 2 is 2.00 bits per heavy atom. The zero-order chi connectivity index (χ0) is 11.8. The van der Waals surface area contributed by atoms with Gasteiger partial charge in [-0.05, 0) is 12.3 Å². The first-order valence-corrected chi connectivity index (χ1v) is 5.18. The zero-order valence-corrected chi connectivity index (χ0v) is 9.75. The maximum Gasteiger partial charge on any atom is 0.241 e. The highest BCUT2D eigenvalue weighted by molar-refractivity contribution is 5.85. The molecule has 3 N–H and O–H groups in total. The monoisotopic (exact) mass is 215 g/mol. The van der Waals surface area contributed by atoms with Gasteiger partial charge in [-0.2, -0.15) is 0 Å². The van der Waals surface area contributed by atoms with Crippen molar-refractivity contribution in [3.8, 4) is 0 Å². The fourth-order valence-corrected chi connectivity index (χ4v) is 0.958. The summed E-state index contributed by atoms with van der Waals surface area (Å²) in [6, 6.07) is 0. The van der Waals surface area contributed by atoms with Crippen molar-refractivity contribution in [3.63, 3.8) is 0 Å². The summed E-state index contributed by atoms with van der Waals surface area (Å²) in [5.74, 6) is 0.178. The molecular weight excluding hydrogens is 194 g/mol. The largest absolute Gasteiger partial charge is 0.346 e. The standard InChI is InChI=1S/C10H21N3O2/c1-8(2)4-5-13(3)10(15)7-12-9(14)6-11/h8H,4-7,11H2,1-3H3,(H,12,14). The molecule has 0 heterocycles. The molecule has 0 fully saturated rings. The predicted molar refractivity (Wildman–Crippen MR) is 59.2 cm³/mol. The van der Waals surface area contributed by atoms with Gasteiger partial charge in [0, 0.05) is 13.6 Å². The highest BCUT2D eigenvalue weighted by Gasteiger charge is 2.09. The molecule has 88 valence electrons. The van der Waals surface area contributed by atoms with Gasteiger partial charge in [0.1, 0.15) is 0 Å². The van der Waals surface area contributed by atoms with Gasteiger partial charge in [0.25, 0.3) is 0 Å². The van der Waals surface area contributed by atoms with Gasteiger partial charge in [0.2, 0.25) is 11.8 Å². The second-order valence-corrected chi connectivity index (χ2v) is 3.98. The summed E-state index contributed by atoms with van der Waals surface area (Å²) in [7, 11) is 1.74.